The molecule has 0 saturated carbocycles. The van der Waals surface area contributed by atoms with Crippen LogP contribution in [0.25, 0.3) is 0 Å². The molecular formula is C12H18N4O2. The van der Waals surface area contributed by atoms with E-state index in [0.717, 1.165) is 25.3 Å². The van der Waals surface area contributed by atoms with Gasteiger partial charge in [-0.2, -0.15) is 0 Å². The summed E-state index contributed by atoms with van der Waals surface area (Å²) in [5.74, 6) is 0. The van der Waals surface area contributed by atoms with Crippen LogP contribution in [0.15, 0.2) is 18.2 Å². The number of anilines is 2. The Morgan fingerprint density at radius 2 is 2.33 bits per heavy atom. The van der Waals surface area contributed by atoms with E-state index < -0.39 is 0 Å². The maximum absolute atomic E-state index is 11.0. The zero-order chi connectivity index (χ0) is 13.1. The number of piperazine rings is 1. The highest BCUT2D eigenvalue weighted by atomic mass is 16.6. The molecule has 1 aliphatic rings. The molecule has 2 N–H and O–H groups in total. The second kappa shape index (κ2) is 5.22. The van der Waals surface area contributed by atoms with Crippen LogP contribution in [0.4, 0.5) is 17.1 Å². The van der Waals surface area contributed by atoms with Crippen LogP contribution in [0.3, 0.4) is 0 Å². The Balaban J connectivity index is 2.37. The van der Waals surface area contributed by atoms with E-state index in [9.17, 15) is 10.1 Å². The molecule has 0 spiro atoms. The molecule has 18 heavy (non-hydrogen) atoms. The largest absolute Gasteiger partial charge is 0.381 e. The normalized spacial score (nSPS) is 19.7. The quantitative estimate of drug-likeness (QED) is 0.627. The van der Waals surface area contributed by atoms with E-state index in [1.807, 2.05) is 6.07 Å². The summed E-state index contributed by atoms with van der Waals surface area (Å²) in [6, 6.07) is 5.58. The molecule has 0 amide bonds. The molecule has 98 valence electrons. The van der Waals surface area contributed by atoms with Crippen LogP contribution in [0.5, 0.6) is 0 Å². The van der Waals surface area contributed by atoms with Crippen molar-refractivity contribution in [2.75, 3.05) is 36.9 Å². The number of rotatable bonds is 3. The van der Waals surface area contributed by atoms with Crippen molar-refractivity contribution in [3.05, 3.63) is 28.3 Å². The number of benzene rings is 1. The monoisotopic (exact) mass is 250 g/mol. The van der Waals surface area contributed by atoms with Crippen LogP contribution in [0.2, 0.25) is 0 Å². The molecule has 1 aliphatic heterocycles. The van der Waals surface area contributed by atoms with E-state index in [2.05, 4.69) is 22.5 Å². The fraction of sp³-hybridized carbons (Fsp3) is 0.500. The van der Waals surface area contributed by atoms with E-state index in [-0.39, 0.29) is 10.6 Å². The molecule has 0 unspecified atom stereocenters. The van der Waals surface area contributed by atoms with Crippen LogP contribution in [-0.2, 0) is 0 Å². The van der Waals surface area contributed by atoms with Gasteiger partial charge in [-0.25, -0.2) is 0 Å². The highest BCUT2D eigenvalue weighted by Gasteiger charge is 2.23. The van der Waals surface area contributed by atoms with E-state index in [1.54, 1.807) is 13.1 Å². The second-order valence-corrected chi connectivity index (χ2v) is 4.48. The number of hydrogen-bond acceptors (Lipinski definition) is 5. The van der Waals surface area contributed by atoms with E-state index in [4.69, 9.17) is 0 Å². The van der Waals surface area contributed by atoms with Crippen molar-refractivity contribution in [2.24, 2.45) is 0 Å². The van der Waals surface area contributed by atoms with Gasteiger partial charge in [0.1, 0.15) is 5.69 Å². The maximum Gasteiger partial charge on any atom is 0.294 e. The van der Waals surface area contributed by atoms with Gasteiger partial charge in [-0.3, -0.25) is 10.1 Å². The topological polar surface area (TPSA) is 70.4 Å². The number of hydrogen-bond donors (Lipinski definition) is 2. The second-order valence-electron chi connectivity index (χ2n) is 4.48. The molecule has 0 bridgehead atoms. The lowest BCUT2D eigenvalue weighted by molar-refractivity contribution is -0.383. The average molecular weight is 250 g/mol. The van der Waals surface area contributed by atoms with Crippen molar-refractivity contribution >= 4 is 17.1 Å². The number of nitro groups is 1. The fourth-order valence-corrected chi connectivity index (χ4v) is 2.35. The summed E-state index contributed by atoms with van der Waals surface area (Å²) >= 11 is 0. The van der Waals surface area contributed by atoms with Gasteiger partial charge in [-0.1, -0.05) is 6.07 Å². The zero-order valence-electron chi connectivity index (χ0n) is 10.6. The third kappa shape index (κ3) is 2.38. The van der Waals surface area contributed by atoms with Gasteiger partial charge in [0.15, 0.2) is 0 Å². The van der Waals surface area contributed by atoms with Crippen LogP contribution in [-0.4, -0.2) is 37.6 Å². The minimum Gasteiger partial charge on any atom is -0.381 e. The number of nitrogens with zero attached hydrogens (tertiary/aromatic N) is 2. The summed E-state index contributed by atoms with van der Waals surface area (Å²) < 4.78 is 0. The standard InChI is InChI=1S/C12H18N4O2/c1-9-8-15(7-6-14-9)10-4-3-5-11(16(17)18)12(10)13-2/h3-5,9,13-14H,6-8H2,1-2H3/t9-/m0/s1. The van der Waals surface area contributed by atoms with Gasteiger partial charge < -0.3 is 15.5 Å². The van der Waals surface area contributed by atoms with Crippen LogP contribution >= 0.6 is 0 Å². The summed E-state index contributed by atoms with van der Waals surface area (Å²) in [7, 11) is 1.72. The predicted octanol–water partition coefficient (Wildman–Crippen LogP) is 1.43. The van der Waals surface area contributed by atoms with Crippen molar-refractivity contribution in [3.63, 3.8) is 0 Å². The molecule has 0 aromatic heterocycles. The summed E-state index contributed by atoms with van der Waals surface area (Å²) in [6.07, 6.45) is 0. The third-order valence-corrected chi connectivity index (χ3v) is 3.18. The molecule has 6 nitrogen and oxygen atoms in total. The van der Waals surface area contributed by atoms with Gasteiger partial charge in [-0.05, 0) is 13.0 Å². The third-order valence-electron chi connectivity index (χ3n) is 3.18. The summed E-state index contributed by atoms with van der Waals surface area (Å²) in [5, 5.41) is 17.3. The first-order chi connectivity index (χ1) is 8.63. The summed E-state index contributed by atoms with van der Waals surface area (Å²) in [4.78, 5) is 12.8. The Labute approximate surface area is 106 Å². The van der Waals surface area contributed by atoms with E-state index >= 15 is 0 Å². The Hall–Kier alpha value is -1.82. The Kier molecular flexibility index (Phi) is 3.66. The molecular weight excluding hydrogens is 232 g/mol. The molecule has 1 aromatic rings. The van der Waals surface area contributed by atoms with E-state index in [1.165, 1.54) is 6.07 Å². The fourth-order valence-electron chi connectivity index (χ4n) is 2.35. The first kappa shape index (κ1) is 12.6. The zero-order valence-corrected chi connectivity index (χ0v) is 10.6. The van der Waals surface area contributed by atoms with E-state index in [0.29, 0.717) is 11.7 Å². The van der Waals surface area contributed by atoms with Crippen LogP contribution in [0.1, 0.15) is 6.92 Å². The van der Waals surface area contributed by atoms with Gasteiger partial charge in [0.05, 0.1) is 10.6 Å². The van der Waals surface area contributed by atoms with Crippen molar-refractivity contribution in [1.29, 1.82) is 0 Å². The lowest BCUT2D eigenvalue weighted by Crippen LogP contribution is -2.49. The van der Waals surface area contributed by atoms with Gasteiger partial charge in [0.2, 0.25) is 0 Å². The van der Waals surface area contributed by atoms with Gasteiger partial charge in [0, 0.05) is 38.8 Å². The minimum absolute atomic E-state index is 0.126. The SMILES string of the molecule is CNc1c(N2CCN[C@@H](C)C2)cccc1[N+](=O)[O-]. The van der Waals surface area contributed by atoms with Gasteiger partial charge in [0.25, 0.3) is 5.69 Å². The molecule has 1 aromatic carbocycles. The Bertz CT molecular complexity index is 450. The Morgan fingerprint density at radius 1 is 1.56 bits per heavy atom. The first-order valence-corrected chi connectivity index (χ1v) is 6.07. The Morgan fingerprint density at radius 3 is 2.94 bits per heavy atom. The molecule has 0 aliphatic carbocycles. The summed E-state index contributed by atoms with van der Waals surface area (Å²) in [6.45, 7) is 4.73. The first-order valence-electron chi connectivity index (χ1n) is 6.07. The van der Waals surface area contributed by atoms with Crippen molar-refractivity contribution in [3.8, 4) is 0 Å². The van der Waals surface area contributed by atoms with Crippen molar-refractivity contribution in [1.82, 2.24) is 5.32 Å². The number of para-hydroxylation sites is 1. The van der Waals surface area contributed by atoms with Gasteiger partial charge in [-0.15, -0.1) is 0 Å². The van der Waals surface area contributed by atoms with Crippen molar-refractivity contribution < 1.29 is 4.92 Å². The highest BCUT2D eigenvalue weighted by Crippen LogP contribution is 2.34. The minimum atomic E-state index is -0.346. The molecule has 1 fully saturated rings. The summed E-state index contributed by atoms with van der Waals surface area (Å²) in [5.41, 5.74) is 1.62. The maximum atomic E-state index is 11.0. The highest BCUT2D eigenvalue weighted by molar-refractivity contribution is 5.79. The number of nitro benzene ring substituents is 1. The lowest BCUT2D eigenvalue weighted by atomic mass is 10.1. The molecule has 6 heteroatoms. The molecule has 2 rings (SSSR count). The predicted molar refractivity (Wildman–Crippen MR) is 72.3 cm³/mol. The molecule has 1 heterocycles. The lowest BCUT2D eigenvalue weighted by Gasteiger charge is -2.34. The van der Waals surface area contributed by atoms with Crippen molar-refractivity contribution in [2.45, 2.75) is 13.0 Å². The van der Waals surface area contributed by atoms with Crippen LogP contribution < -0.4 is 15.5 Å². The molecule has 1 atom stereocenters. The smallest absolute Gasteiger partial charge is 0.294 e. The average Bonchev–Trinajstić information content (AvgIpc) is 2.37. The van der Waals surface area contributed by atoms with Gasteiger partial charge >= 0.3 is 0 Å². The van der Waals surface area contributed by atoms with Crippen LogP contribution in [0, 0.1) is 10.1 Å². The molecule has 0 radical (unpaired) electrons. The molecule has 1 saturated heterocycles. The number of nitrogens with one attached hydrogen (secondary N) is 2.